The molecule has 0 fully saturated rings. The monoisotopic (exact) mass is 355 g/mol. The Kier molecular flexibility index (Phi) is 6.45. The fourth-order valence-electron chi connectivity index (χ4n) is 2.17. The molecule has 0 N–H and O–H groups in total. The van der Waals surface area contributed by atoms with Gasteiger partial charge in [0, 0.05) is 23.4 Å². The molecule has 0 bridgehead atoms. The Morgan fingerprint density at radius 2 is 1.82 bits per heavy atom. The standard InChI is InChI=1S/C17H19Cl2NOS/c1-13(14-6-4-3-5-7-14)20(2)10-11-22(21)17-12-15(18)8-9-16(17)19/h3-9,12-13H,10-11H2,1-2H3. The molecule has 118 valence electrons. The molecule has 0 amide bonds. The van der Waals surface area contributed by atoms with Gasteiger partial charge in [-0.2, -0.15) is 0 Å². The van der Waals surface area contributed by atoms with Gasteiger partial charge in [0.15, 0.2) is 0 Å². The van der Waals surface area contributed by atoms with E-state index in [-0.39, 0.29) is 6.04 Å². The van der Waals surface area contributed by atoms with E-state index in [1.54, 1.807) is 18.2 Å². The third-order valence-corrected chi connectivity index (χ3v) is 5.77. The lowest BCUT2D eigenvalue weighted by Gasteiger charge is -2.24. The summed E-state index contributed by atoms with van der Waals surface area (Å²) in [6.07, 6.45) is 0. The highest BCUT2D eigenvalue weighted by Crippen LogP contribution is 2.24. The zero-order chi connectivity index (χ0) is 16.1. The van der Waals surface area contributed by atoms with Crippen LogP contribution in [0, 0.1) is 0 Å². The lowest BCUT2D eigenvalue weighted by Crippen LogP contribution is -2.27. The maximum absolute atomic E-state index is 12.4. The zero-order valence-electron chi connectivity index (χ0n) is 12.6. The first kappa shape index (κ1) is 17.5. The van der Waals surface area contributed by atoms with E-state index >= 15 is 0 Å². The molecule has 0 aliphatic heterocycles. The van der Waals surface area contributed by atoms with E-state index in [1.807, 2.05) is 25.2 Å². The van der Waals surface area contributed by atoms with E-state index in [2.05, 4.69) is 24.0 Å². The predicted octanol–water partition coefficient (Wildman–Crippen LogP) is 4.79. The molecule has 0 saturated heterocycles. The van der Waals surface area contributed by atoms with Crippen molar-refractivity contribution in [2.45, 2.75) is 17.9 Å². The Hall–Kier alpha value is -0.870. The van der Waals surface area contributed by atoms with Gasteiger partial charge in [0.1, 0.15) is 0 Å². The third kappa shape index (κ3) is 4.56. The fourth-order valence-corrected chi connectivity index (χ4v) is 4.00. The van der Waals surface area contributed by atoms with Crippen LogP contribution in [0.1, 0.15) is 18.5 Å². The molecule has 2 rings (SSSR count). The molecule has 0 aliphatic carbocycles. The predicted molar refractivity (Wildman–Crippen MR) is 95.2 cm³/mol. The molecule has 2 nitrogen and oxygen atoms in total. The van der Waals surface area contributed by atoms with Gasteiger partial charge in [-0.3, -0.25) is 9.11 Å². The number of halogens is 2. The summed E-state index contributed by atoms with van der Waals surface area (Å²) in [5.41, 5.74) is 1.25. The summed E-state index contributed by atoms with van der Waals surface area (Å²) in [4.78, 5) is 2.79. The summed E-state index contributed by atoms with van der Waals surface area (Å²) < 4.78 is 12.4. The Balaban J connectivity index is 1.97. The summed E-state index contributed by atoms with van der Waals surface area (Å²) in [7, 11) is 0.879. The van der Waals surface area contributed by atoms with E-state index < -0.39 is 10.8 Å². The van der Waals surface area contributed by atoms with Gasteiger partial charge in [0.2, 0.25) is 0 Å². The minimum absolute atomic E-state index is 0.271. The second-order valence-electron chi connectivity index (χ2n) is 5.19. The van der Waals surface area contributed by atoms with Gasteiger partial charge in [-0.15, -0.1) is 0 Å². The molecule has 0 saturated carbocycles. The SMILES string of the molecule is CC(c1ccccc1)N(C)CCS(=O)c1cc(Cl)ccc1Cl. The fraction of sp³-hybridized carbons (Fsp3) is 0.294. The summed E-state index contributed by atoms with van der Waals surface area (Å²) in [5.74, 6) is 0.522. The lowest BCUT2D eigenvalue weighted by molar-refractivity contribution is 0.277. The number of benzene rings is 2. The Bertz CT molecular complexity index is 648. The Labute approximate surface area is 144 Å². The molecule has 0 spiro atoms. The van der Waals surface area contributed by atoms with Gasteiger partial charge < -0.3 is 0 Å². The van der Waals surface area contributed by atoms with Gasteiger partial charge in [-0.1, -0.05) is 53.5 Å². The molecule has 2 aromatic rings. The van der Waals surface area contributed by atoms with Crippen molar-refractivity contribution in [3.05, 3.63) is 64.1 Å². The van der Waals surface area contributed by atoms with Crippen molar-refractivity contribution >= 4 is 34.0 Å². The van der Waals surface area contributed by atoms with E-state index in [4.69, 9.17) is 23.2 Å². The highest BCUT2D eigenvalue weighted by Gasteiger charge is 2.14. The summed E-state index contributed by atoms with van der Waals surface area (Å²) in [6.45, 7) is 2.86. The second kappa shape index (κ2) is 8.11. The van der Waals surface area contributed by atoms with Crippen molar-refractivity contribution in [3.8, 4) is 0 Å². The van der Waals surface area contributed by atoms with E-state index in [0.717, 1.165) is 0 Å². The van der Waals surface area contributed by atoms with E-state index in [0.29, 0.717) is 27.2 Å². The molecule has 0 aromatic heterocycles. The van der Waals surface area contributed by atoms with Crippen molar-refractivity contribution in [2.75, 3.05) is 19.3 Å². The average molecular weight is 356 g/mol. The van der Waals surface area contributed by atoms with Crippen LogP contribution in [-0.4, -0.2) is 28.5 Å². The Morgan fingerprint density at radius 3 is 2.50 bits per heavy atom. The largest absolute Gasteiger partial charge is 0.299 e. The average Bonchev–Trinajstić information content (AvgIpc) is 2.54. The molecule has 2 atom stereocenters. The lowest BCUT2D eigenvalue weighted by atomic mass is 10.1. The smallest absolute Gasteiger partial charge is 0.0589 e. The van der Waals surface area contributed by atoms with Crippen molar-refractivity contribution in [1.82, 2.24) is 4.90 Å². The first-order valence-corrected chi connectivity index (χ1v) is 9.15. The minimum Gasteiger partial charge on any atom is -0.299 e. The molecule has 2 unspecified atom stereocenters. The topological polar surface area (TPSA) is 20.3 Å². The van der Waals surface area contributed by atoms with Crippen molar-refractivity contribution < 1.29 is 4.21 Å². The van der Waals surface area contributed by atoms with E-state index in [1.165, 1.54) is 5.56 Å². The van der Waals surface area contributed by atoms with Gasteiger partial charge in [-0.25, -0.2) is 0 Å². The molecule has 0 heterocycles. The van der Waals surface area contributed by atoms with Crippen LogP contribution in [0.2, 0.25) is 10.0 Å². The number of nitrogens with zero attached hydrogens (tertiary/aromatic N) is 1. The van der Waals surface area contributed by atoms with Gasteiger partial charge in [0.25, 0.3) is 0 Å². The summed E-state index contributed by atoms with van der Waals surface area (Å²) in [6, 6.07) is 15.6. The van der Waals surface area contributed by atoms with Crippen molar-refractivity contribution in [3.63, 3.8) is 0 Å². The molecular weight excluding hydrogens is 337 g/mol. The van der Waals surface area contributed by atoms with E-state index in [9.17, 15) is 4.21 Å². The van der Waals surface area contributed by atoms with Crippen LogP contribution in [0.3, 0.4) is 0 Å². The zero-order valence-corrected chi connectivity index (χ0v) is 15.0. The van der Waals surface area contributed by atoms with Crippen molar-refractivity contribution in [2.24, 2.45) is 0 Å². The van der Waals surface area contributed by atoms with Crippen LogP contribution < -0.4 is 0 Å². The van der Waals surface area contributed by atoms with Gasteiger partial charge in [0.05, 0.1) is 20.7 Å². The van der Waals surface area contributed by atoms with Gasteiger partial charge in [-0.05, 0) is 37.7 Å². The quantitative estimate of drug-likeness (QED) is 0.741. The molecular formula is C17H19Cl2NOS. The van der Waals surface area contributed by atoms with Crippen molar-refractivity contribution in [1.29, 1.82) is 0 Å². The normalized spacial score (nSPS) is 14.0. The molecule has 22 heavy (non-hydrogen) atoms. The van der Waals surface area contributed by atoms with Crippen LogP contribution in [0.4, 0.5) is 0 Å². The third-order valence-electron chi connectivity index (χ3n) is 3.71. The first-order valence-electron chi connectivity index (χ1n) is 7.07. The summed E-state index contributed by atoms with van der Waals surface area (Å²) >= 11 is 12.1. The van der Waals surface area contributed by atoms with Crippen LogP contribution in [0.25, 0.3) is 0 Å². The van der Waals surface area contributed by atoms with Crippen LogP contribution >= 0.6 is 23.2 Å². The van der Waals surface area contributed by atoms with Crippen LogP contribution in [0.15, 0.2) is 53.4 Å². The number of hydrogen-bond donors (Lipinski definition) is 0. The maximum Gasteiger partial charge on any atom is 0.0589 e. The molecule has 0 aliphatic rings. The second-order valence-corrected chi connectivity index (χ2v) is 7.57. The van der Waals surface area contributed by atoms with Crippen LogP contribution in [-0.2, 0) is 10.8 Å². The highest BCUT2D eigenvalue weighted by molar-refractivity contribution is 7.85. The first-order chi connectivity index (χ1) is 10.5. The minimum atomic E-state index is -1.16. The summed E-state index contributed by atoms with van der Waals surface area (Å²) in [5, 5.41) is 1.06. The maximum atomic E-state index is 12.4. The van der Waals surface area contributed by atoms with Gasteiger partial charge >= 0.3 is 0 Å². The number of rotatable bonds is 6. The highest BCUT2D eigenvalue weighted by atomic mass is 35.5. The van der Waals surface area contributed by atoms with Crippen LogP contribution in [0.5, 0.6) is 0 Å². The number of hydrogen-bond acceptors (Lipinski definition) is 2. The molecule has 2 aromatic carbocycles. The molecule has 0 radical (unpaired) electrons. The molecule has 5 heteroatoms. The Morgan fingerprint density at radius 1 is 1.14 bits per heavy atom.